The Labute approximate surface area is 58.7 Å². The van der Waals surface area contributed by atoms with Gasteiger partial charge in [-0.05, 0) is 24.7 Å². The van der Waals surface area contributed by atoms with Crippen LogP contribution in [0.4, 0.5) is 0 Å². The highest BCUT2D eigenvalue weighted by Crippen LogP contribution is 2.36. The summed E-state index contributed by atoms with van der Waals surface area (Å²) in [4.78, 5) is 0. The van der Waals surface area contributed by atoms with Gasteiger partial charge in [-0.3, -0.25) is 0 Å². The van der Waals surface area contributed by atoms with Crippen LogP contribution < -0.4 is 0 Å². The first-order chi connectivity index (χ1) is 4.08. The number of hydrogen-bond acceptors (Lipinski definition) is 0. The van der Waals surface area contributed by atoms with E-state index in [-0.39, 0.29) is 0 Å². The monoisotopic (exact) mass is 125 g/mol. The first-order valence-electron chi connectivity index (χ1n) is 3.93. The molecule has 0 aliphatic heterocycles. The van der Waals surface area contributed by atoms with E-state index in [1.165, 1.54) is 25.7 Å². The second-order valence-electron chi connectivity index (χ2n) is 4.17. The third kappa shape index (κ3) is 2.38. The van der Waals surface area contributed by atoms with Crippen molar-refractivity contribution < 1.29 is 0 Å². The van der Waals surface area contributed by atoms with E-state index in [0.717, 1.165) is 5.92 Å². The summed E-state index contributed by atoms with van der Waals surface area (Å²) in [6.45, 7) is 8.55. The minimum atomic E-state index is 0.324. The maximum atomic E-state index is 4.09. The van der Waals surface area contributed by atoms with Crippen molar-refractivity contribution in [2.45, 2.75) is 39.5 Å². The van der Waals surface area contributed by atoms with Crippen LogP contribution in [-0.4, -0.2) is 0 Å². The SMILES string of the molecule is [CH2]C(C)(C)CC1CCC1. The van der Waals surface area contributed by atoms with Gasteiger partial charge in [0.25, 0.3) is 0 Å². The molecule has 9 heavy (non-hydrogen) atoms. The maximum absolute atomic E-state index is 4.09. The zero-order chi connectivity index (χ0) is 6.91. The Morgan fingerprint density at radius 3 is 2.11 bits per heavy atom. The lowest BCUT2D eigenvalue weighted by atomic mass is 9.74. The lowest BCUT2D eigenvalue weighted by molar-refractivity contribution is 0.225. The summed E-state index contributed by atoms with van der Waals surface area (Å²) < 4.78 is 0. The van der Waals surface area contributed by atoms with Gasteiger partial charge in [0.2, 0.25) is 0 Å². The summed E-state index contributed by atoms with van der Waals surface area (Å²) in [5.41, 5.74) is 0.324. The van der Waals surface area contributed by atoms with Gasteiger partial charge in [-0.1, -0.05) is 33.1 Å². The van der Waals surface area contributed by atoms with Crippen LogP contribution in [0, 0.1) is 18.3 Å². The molecule has 0 atom stereocenters. The molecule has 1 aliphatic rings. The molecule has 1 radical (unpaired) electrons. The molecule has 0 heteroatoms. The molecule has 0 aromatic heterocycles. The van der Waals surface area contributed by atoms with E-state index in [4.69, 9.17) is 0 Å². The molecule has 0 heterocycles. The first kappa shape index (κ1) is 7.11. The average Bonchev–Trinajstić information content (AvgIpc) is 1.53. The van der Waals surface area contributed by atoms with E-state index in [9.17, 15) is 0 Å². The summed E-state index contributed by atoms with van der Waals surface area (Å²) in [6.07, 6.45) is 5.70. The molecule has 1 saturated carbocycles. The van der Waals surface area contributed by atoms with Crippen LogP contribution in [-0.2, 0) is 0 Å². The average molecular weight is 125 g/mol. The third-order valence-corrected chi connectivity index (χ3v) is 2.07. The zero-order valence-electron chi connectivity index (χ0n) is 6.61. The zero-order valence-corrected chi connectivity index (χ0v) is 6.61. The minimum absolute atomic E-state index is 0.324. The largest absolute Gasteiger partial charge is 0.0599 e. The smallest absolute Gasteiger partial charge is 0.0351 e. The molecule has 0 spiro atoms. The minimum Gasteiger partial charge on any atom is -0.0599 e. The molecule has 1 fully saturated rings. The van der Waals surface area contributed by atoms with Crippen molar-refractivity contribution >= 4 is 0 Å². The molecular weight excluding hydrogens is 108 g/mol. The van der Waals surface area contributed by atoms with Crippen molar-refractivity contribution in [3.8, 4) is 0 Å². The van der Waals surface area contributed by atoms with E-state index in [1.807, 2.05) is 0 Å². The molecule has 0 nitrogen and oxygen atoms in total. The Hall–Kier alpha value is 0. The Balaban J connectivity index is 2.16. The van der Waals surface area contributed by atoms with Crippen LogP contribution in [0.5, 0.6) is 0 Å². The fourth-order valence-corrected chi connectivity index (χ4v) is 1.48. The van der Waals surface area contributed by atoms with E-state index in [2.05, 4.69) is 20.8 Å². The van der Waals surface area contributed by atoms with Crippen molar-refractivity contribution in [2.75, 3.05) is 0 Å². The molecule has 0 saturated heterocycles. The predicted molar refractivity (Wildman–Crippen MR) is 41.1 cm³/mol. The number of rotatable bonds is 2. The first-order valence-corrected chi connectivity index (χ1v) is 3.93. The molecular formula is C9H17. The van der Waals surface area contributed by atoms with Crippen molar-refractivity contribution in [2.24, 2.45) is 11.3 Å². The number of hydrogen-bond donors (Lipinski definition) is 0. The van der Waals surface area contributed by atoms with Crippen LogP contribution >= 0.6 is 0 Å². The second-order valence-corrected chi connectivity index (χ2v) is 4.17. The van der Waals surface area contributed by atoms with E-state index in [0.29, 0.717) is 5.41 Å². The van der Waals surface area contributed by atoms with Gasteiger partial charge < -0.3 is 0 Å². The van der Waals surface area contributed by atoms with Crippen LogP contribution in [0.25, 0.3) is 0 Å². The van der Waals surface area contributed by atoms with E-state index >= 15 is 0 Å². The van der Waals surface area contributed by atoms with Gasteiger partial charge in [0.15, 0.2) is 0 Å². The van der Waals surface area contributed by atoms with Gasteiger partial charge >= 0.3 is 0 Å². The van der Waals surface area contributed by atoms with Gasteiger partial charge in [0.05, 0.1) is 0 Å². The highest BCUT2D eigenvalue weighted by atomic mass is 14.3. The summed E-state index contributed by atoms with van der Waals surface area (Å²) in [6, 6.07) is 0. The van der Waals surface area contributed by atoms with Crippen LogP contribution in [0.15, 0.2) is 0 Å². The lowest BCUT2D eigenvalue weighted by Crippen LogP contribution is -2.19. The molecule has 1 rings (SSSR count). The van der Waals surface area contributed by atoms with Crippen molar-refractivity contribution in [3.05, 3.63) is 6.92 Å². The predicted octanol–water partition coefficient (Wildman–Crippen LogP) is 3.04. The summed E-state index contributed by atoms with van der Waals surface area (Å²) >= 11 is 0. The highest BCUT2D eigenvalue weighted by Gasteiger charge is 2.23. The summed E-state index contributed by atoms with van der Waals surface area (Å²) in [5.74, 6) is 1.01. The van der Waals surface area contributed by atoms with Crippen molar-refractivity contribution in [3.63, 3.8) is 0 Å². The molecule has 0 amide bonds. The van der Waals surface area contributed by atoms with Crippen molar-refractivity contribution in [1.29, 1.82) is 0 Å². The van der Waals surface area contributed by atoms with Gasteiger partial charge in [-0.25, -0.2) is 0 Å². The van der Waals surface area contributed by atoms with E-state index in [1.54, 1.807) is 0 Å². The quantitative estimate of drug-likeness (QED) is 0.532. The van der Waals surface area contributed by atoms with Gasteiger partial charge in [-0.15, -0.1) is 0 Å². The van der Waals surface area contributed by atoms with Crippen LogP contribution in [0.2, 0.25) is 0 Å². The third-order valence-electron chi connectivity index (χ3n) is 2.07. The molecule has 0 aromatic rings. The molecule has 0 bridgehead atoms. The van der Waals surface area contributed by atoms with E-state index < -0.39 is 0 Å². The van der Waals surface area contributed by atoms with Gasteiger partial charge in [0, 0.05) is 0 Å². The Morgan fingerprint density at radius 1 is 1.44 bits per heavy atom. The molecule has 0 unspecified atom stereocenters. The molecule has 53 valence electrons. The molecule has 0 aromatic carbocycles. The maximum Gasteiger partial charge on any atom is -0.0351 e. The standard InChI is InChI=1S/C9H17/c1-9(2,3)7-8-5-4-6-8/h8H,1,4-7H2,2-3H3. The lowest BCUT2D eigenvalue weighted by Gasteiger charge is -2.31. The normalized spacial score (nSPS) is 21.7. The highest BCUT2D eigenvalue weighted by molar-refractivity contribution is 4.79. The van der Waals surface area contributed by atoms with Crippen LogP contribution in [0.3, 0.4) is 0 Å². The van der Waals surface area contributed by atoms with Crippen molar-refractivity contribution in [1.82, 2.24) is 0 Å². The Kier molecular flexibility index (Phi) is 1.83. The Morgan fingerprint density at radius 2 is 2.00 bits per heavy atom. The Bertz CT molecular complexity index is 82.7. The van der Waals surface area contributed by atoms with Gasteiger partial charge in [-0.2, -0.15) is 0 Å². The molecule has 1 aliphatic carbocycles. The molecule has 0 N–H and O–H groups in total. The van der Waals surface area contributed by atoms with Gasteiger partial charge in [0.1, 0.15) is 0 Å². The fraction of sp³-hybridized carbons (Fsp3) is 0.889. The summed E-state index contributed by atoms with van der Waals surface area (Å²) in [5, 5.41) is 0. The topological polar surface area (TPSA) is 0 Å². The fourth-order valence-electron chi connectivity index (χ4n) is 1.48. The summed E-state index contributed by atoms with van der Waals surface area (Å²) in [7, 11) is 0. The van der Waals surface area contributed by atoms with Crippen LogP contribution in [0.1, 0.15) is 39.5 Å². The second kappa shape index (κ2) is 2.32.